The summed E-state index contributed by atoms with van der Waals surface area (Å²) in [4.78, 5) is 14.5. The quantitative estimate of drug-likeness (QED) is 0.836. The van der Waals surface area contributed by atoms with Gasteiger partial charge in [0.05, 0.1) is 5.75 Å². The summed E-state index contributed by atoms with van der Waals surface area (Å²) in [6, 6.07) is 1.86. The number of aliphatic carboxylic acids is 1. The van der Waals surface area contributed by atoms with Crippen LogP contribution in [0.15, 0.2) is 18.5 Å². The minimum atomic E-state index is -1.39. The van der Waals surface area contributed by atoms with Gasteiger partial charge in [0.2, 0.25) is 0 Å². The van der Waals surface area contributed by atoms with E-state index >= 15 is 0 Å². The van der Waals surface area contributed by atoms with E-state index < -0.39 is 22.0 Å². The molecule has 2 unspecified atom stereocenters. The first kappa shape index (κ1) is 11.8. The van der Waals surface area contributed by atoms with Gasteiger partial charge in [0.25, 0.3) is 0 Å². The standard InChI is InChI=1S/C10H13NO3S/c1-7-3-9(5-11-4-7)6-15(14)8(2)10(12)13/h3-5,8H,6H2,1-2H3,(H,12,13). The SMILES string of the molecule is Cc1cncc(CS(=O)C(C)C(=O)O)c1. The van der Waals surface area contributed by atoms with E-state index in [0.29, 0.717) is 0 Å². The third-order valence-corrected chi connectivity index (χ3v) is 3.59. The van der Waals surface area contributed by atoms with Gasteiger partial charge in [-0.15, -0.1) is 0 Å². The molecule has 0 saturated carbocycles. The lowest BCUT2D eigenvalue weighted by Crippen LogP contribution is -2.22. The second-order valence-electron chi connectivity index (χ2n) is 3.38. The van der Waals surface area contributed by atoms with E-state index in [1.807, 2.05) is 13.0 Å². The third-order valence-electron chi connectivity index (χ3n) is 1.98. The summed E-state index contributed by atoms with van der Waals surface area (Å²) in [6.07, 6.45) is 3.31. The first-order chi connectivity index (χ1) is 7.00. The van der Waals surface area contributed by atoms with Crippen molar-refractivity contribution in [3.8, 4) is 0 Å². The van der Waals surface area contributed by atoms with Crippen LogP contribution < -0.4 is 0 Å². The molecule has 0 bridgehead atoms. The van der Waals surface area contributed by atoms with E-state index in [2.05, 4.69) is 4.98 Å². The van der Waals surface area contributed by atoms with Crippen LogP contribution in [-0.4, -0.2) is 25.5 Å². The first-order valence-corrected chi connectivity index (χ1v) is 5.89. The Bertz CT molecular complexity index is 392. The molecule has 0 aliphatic heterocycles. The average molecular weight is 227 g/mol. The van der Waals surface area contributed by atoms with Crippen LogP contribution in [0.25, 0.3) is 0 Å². The van der Waals surface area contributed by atoms with Crippen LogP contribution in [0.1, 0.15) is 18.1 Å². The molecule has 1 heterocycles. The van der Waals surface area contributed by atoms with Crippen molar-refractivity contribution in [2.24, 2.45) is 0 Å². The summed E-state index contributed by atoms with van der Waals surface area (Å²) in [5.41, 5.74) is 1.79. The molecule has 0 saturated heterocycles. The van der Waals surface area contributed by atoms with E-state index in [9.17, 15) is 9.00 Å². The van der Waals surface area contributed by atoms with Gasteiger partial charge in [-0.05, 0) is 25.0 Å². The number of hydrogen-bond acceptors (Lipinski definition) is 3. The molecule has 0 spiro atoms. The largest absolute Gasteiger partial charge is 0.480 e. The summed E-state index contributed by atoms with van der Waals surface area (Å²) in [5.74, 6) is -0.795. The lowest BCUT2D eigenvalue weighted by molar-refractivity contribution is -0.136. The number of nitrogens with zero attached hydrogens (tertiary/aromatic N) is 1. The molecular weight excluding hydrogens is 214 g/mol. The van der Waals surface area contributed by atoms with E-state index in [-0.39, 0.29) is 5.75 Å². The fourth-order valence-electron chi connectivity index (χ4n) is 1.10. The maximum atomic E-state index is 11.6. The molecule has 1 N–H and O–H groups in total. The van der Waals surface area contributed by atoms with Crippen molar-refractivity contribution in [3.05, 3.63) is 29.6 Å². The molecule has 82 valence electrons. The van der Waals surface area contributed by atoms with E-state index in [1.165, 1.54) is 6.92 Å². The van der Waals surface area contributed by atoms with Crippen molar-refractivity contribution in [2.75, 3.05) is 0 Å². The normalized spacial score (nSPS) is 14.5. The molecular formula is C10H13NO3S. The summed E-state index contributed by atoms with van der Waals surface area (Å²) in [7, 11) is -1.39. The number of pyridine rings is 1. The highest BCUT2D eigenvalue weighted by molar-refractivity contribution is 7.85. The highest BCUT2D eigenvalue weighted by Gasteiger charge is 2.18. The van der Waals surface area contributed by atoms with E-state index in [0.717, 1.165) is 11.1 Å². The van der Waals surface area contributed by atoms with Gasteiger partial charge in [-0.25, -0.2) is 0 Å². The van der Waals surface area contributed by atoms with Crippen molar-refractivity contribution in [2.45, 2.75) is 24.9 Å². The summed E-state index contributed by atoms with van der Waals surface area (Å²) in [5, 5.41) is 7.83. The van der Waals surface area contributed by atoms with E-state index in [1.54, 1.807) is 12.4 Å². The molecule has 0 fully saturated rings. The molecule has 5 heteroatoms. The topological polar surface area (TPSA) is 67.3 Å². The molecule has 0 aliphatic carbocycles. The average Bonchev–Trinajstić information content (AvgIpc) is 2.16. The zero-order chi connectivity index (χ0) is 11.4. The van der Waals surface area contributed by atoms with Crippen LogP contribution in [0.3, 0.4) is 0 Å². The molecule has 1 rings (SSSR count). The Balaban J connectivity index is 2.70. The van der Waals surface area contributed by atoms with Crippen molar-refractivity contribution in [1.82, 2.24) is 4.98 Å². The Morgan fingerprint density at radius 1 is 1.60 bits per heavy atom. The van der Waals surface area contributed by atoms with Crippen molar-refractivity contribution in [3.63, 3.8) is 0 Å². The van der Waals surface area contributed by atoms with Crippen LogP contribution >= 0.6 is 0 Å². The monoisotopic (exact) mass is 227 g/mol. The summed E-state index contributed by atoms with van der Waals surface area (Å²) in [6.45, 7) is 3.34. The van der Waals surface area contributed by atoms with Crippen LogP contribution in [0.2, 0.25) is 0 Å². The van der Waals surface area contributed by atoms with Gasteiger partial charge >= 0.3 is 5.97 Å². The zero-order valence-electron chi connectivity index (χ0n) is 8.64. The highest BCUT2D eigenvalue weighted by atomic mass is 32.2. The van der Waals surface area contributed by atoms with Crippen LogP contribution in [0, 0.1) is 6.92 Å². The maximum Gasteiger partial charge on any atom is 0.318 e. The Morgan fingerprint density at radius 3 is 2.80 bits per heavy atom. The van der Waals surface area contributed by atoms with Crippen LogP contribution in [0.4, 0.5) is 0 Å². The van der Waals surface area contributed by atoms with Gasteiger partial charge in [-0.2, -0.15) is 0 Å². The molecule has 0 amide bonds. The summed E-state index contributed by atoms with van der Waals surface area (Å²) >= 11 is 0. The number of carboxylic acid groups (broad SMARTS) is 1. The molecule has 15 heavy (non-hydrogen) atoms. The predicted molar refractivity (Wildman–Crippen MR) is 57.9 cm³/mol. The number of carbonyl (C=O) groups is 1. The summed E-state index contributed by atoms with van der Waals surface area (Å²) < 4.78 is 11.6. The van der Waals surface area contributed by atoms with Crippen LogP contribution in [0.5, 0.6) is 0 Å². The van der Waals surface area contributed by atoms with Crippen molar-refractivity contribution >= 4 is 16.8 Å². The number of hydrogen-bond donors (Lipinski definition) is 1. The Labute approximate surface area is 90.8 Å². The molecule has 1 aromatic rings. The number of aryl methyl sites for hydroxylation is 1. The number of rotatable bonds is 4. The number of carboxylic acids is 1. The second-order valence-corrected chi connectivity index (χ2v) is 5.13. The van der Waals surface area contributed by atoms with Gasteiger partial charge in [-0.3, -0.25) is 14.0 Å². The van der Waals surface area contributed by atoms with Gasteiger partial charge in [0.15, 0.2) is 0 Å². The van der Waals surface area contributed by atoms with Gasteiger partial charge in [0.1, 0.15) is 5.25 Å². The molecule has 0 aliphatic rings. The minimum absolute atomic E-state index is 0.238. The first-order valence-electron chi connectivity index (χ1n) is 4.51. The molecule has 2 atom stereocenters. The van der Waals surface area contributed by atoms with Crippen molar-refractivity contribution in [1.29, 1.82) is 0 Å². The smallest absolute Gasteiger partial charge is 0.318 e. The third kappa shape index (κ3) is 3.43. The fourth-order valence-corrected chi connectivity index (χ4v) is 2.06. The maximum absolute atomic E-state index is 11.6. The fraction of sp³-hybridized carbons (Fsp3) is 0.400. The zero-order valence-corrected chi connectivity index (χ0v) is 9.45. The minimum Gasteiger partial charge on any atom is -0.480 e. The highest BCUT2D eigenvalue weighted by Crippen LogP contribution is 2.08. The van der Waals surface area contributed by atoms with Gasteiger partial charge in [0, 0.05) is 23.2 Å². The Hall–Kier alpha value is -1.23. The molecule has 0 aromatic carbocycles. The number of aromatic nitrogens is 1. The molecule has 0 radical (unpaired) electrons. The molecule has 1 aromatic heterocycles. The lowest BCUT2D eigenvalue weighted by Gasteiger charge is -2.06. The van der Waals surface area contributed by atoms with Gasteiger partial charge < -0.3 is 5.11 Å². The Kier molecular flexibility index (Phi) is 3.96. The van der Waals surface area contributed by atoms with Gasteiger partial charge in [-0.1, -0.05) is 6.07 Å². The van der Waals surface area contributed by atoms with Crippen LogP contribution in [-0.2, 0) is 21.3 Å². The lowest BCUT2D eigenvalue weighted by atomic mass is 10.2. The Morgan fingerprint density at radius 2 is 2.27 bits per heavy atom. The second kappa shape index (κ2) is 5.02. The molecule has 4 nitrogen and oxygen atoms in total. The van der Waals surface area contributed by atoms with E-state index in [4.69, 9.17) is 5.11 Å². The van der Waals surface area contributed by atoms with Crippen molar-refractivity contribution < 1.29 is 14.1 Å². The predicted octanol–water partition coefficient (Wildman–Crippen LogP) is 1.11.